The van der Waals surface area contributed by atoms with Gasteiger partial charge in [-0.15, -0.1) is 0 Å². The van der Waals surface area contributed by atoms with Crippen molar-refractivity contribution in [2.45, 2.75) is 4.90 Å². The normalized spacial score (nSPS) is 11.8. The zero-order chi connectivity index (χ0) is 12.3. The van der Waals surface area contributed by atoms with Gasteiger partial charge in [-0.25, -0.2) is 17.5 Å². The van der Waals surface area contributed by atoms with Crippen molar-refractivity contribution < 1.29 is 12.8 Å². The summed E-state index contributed by atoms with van der Waals surface area (Å²) in [6.07, 6.45) is 0. The molecule has 4 nitrogen and oxygen atoms in total. The van der Waals surface area contributed by atoms with Crippen LogP contribution in [0.5, 0.6) is 0 Å². The topological polar surface area (TPSA) is 72.2 Å². The largest absolute Gasteiger partial charge is 0.329 e. The zero-order valence-electron chi connectivity index (χ0n) is 8.00. The highest BCUT2D eigenvalue weighted by molar-refractivity contribution is 9.11. The molecular weight excluding hydrogens is 367 g/mol. The van der Waals surface area contributed by atoms with E-state index in [2.05, 4.69) is 36.6 Å². The molecule has 0 amide bonds. The van der Waals surface area contributed by atoms with Crippen molar-refractivity contribution >= 4 is 41.9 Å². The molecule has 0 aliphatic heterocycles. The molecular formula is C8H9Br2FN2O2S. The summed E-state index contributed by atoms with van der Waals surface area (Å²) in [6, 6.07) is 2.17. The van der Waals surface area contributed by atoms with Crippen LogP contribution >= 0.6 is 31.9 Å². The maximum atomic E-state index is 13.0. The average Bonchev–Trinajstić information content (AvgIpc) is 2.12. The van der Waals surface area contributed by atoms with E-state index in [9.17, 15) is 12.8 Å². The number of hydrogen-bond acceptors (Lipinski definition) is 3. The molecule has 0 heterocycles. The fourth-order valence-electron chi connectivity index (χ4n) is 1.05. The third kappa shape index (κ3) is 3.24. The molecule has 0 unspecified atom stereocenters. The van der Waals surface area contributed by atoms with Gasteiger partial charge in [0.2, 0.25) is 10.0 Å². The lowest BCUT2D eigenvalue weighted by atomic mass is 10.3. The average molecular weight is 376 g/mol. The Morgan fingerprint density at radius 2 is 1.81 bits per heavy atom. The third-order valence-corrected chi connectivity index (χ3v) is 5.01. The quantitative estimate of drug-likeness (QED) is 0.839. The van der Waals surface area contributed by atoms with Crippen molar-refractivity contribution in [2.24, 2.45) is 5.73 Å². The minimum atomic E-state index is -3.69. The van der Waals surface area contributed by atoms with Gasteiger partial charge in [-0.05, 0) is 44.0 Å². The van der Waals surface area contributed by atoms with Crippen LogP contribution in [-0.2, 0) is 10.0 Å². The first-order valence-electron chi connectivity index (χ1n) is 4.23. The van der Waals surface area contributed by atoms with E-state index in [1.54, 1.807) is 0 Å². The molecule has 0 bridgehead atoms. The van der Waals surface area contributed by atoms with E-state index < -0.39 is 15.8 Å². The van der Waals surface area contributed by atoms with Crippen molar-refractivity contribution in [1.82, 2.24) is 4.72 Å². The molecule has 16 heavy (non-hydrogen) atoms. The fraction of sp³-hybridized carbons (Fsp3) is 0.250. The SMILES string of the molecule is NCCNS(=O)(=O)c1c(Br)cc(F)cc1Br. The fourth-order valence-corrected chi connectivity index (χ4v) is 4.62. The monoisotopic (exact) mass is 374 g/mol. The summed E-state index contributed by atoms with van der Waals surface area (Å²) < 4.78 is 39.1. The number of nitrogens with one attached hydrogen (secondary N) is 1. The molecule has 1 rings (SSSR count). The number of benzene rings is 1. The highest BCUT2D eigenvalue weighted by atomic mass is 79.9. The van der Waals surface area contributed by atoms with Crippen LogP contribution in [0.15, 0.2) is 26.0 Å². The van der Waals surface area contributed by atoms with Crippen molar-refractivity contribution in [3.05, 3.63) is 26.9 Å². The lowest BCUT2D eigenvalue weighted by Crippen LogP contribution is -2.29. The van der Waals surface area contributed by atoms with E-state index in [0.717, 1.165) is 12.1 Å². The molecule has 0 fully saturated rings. The molecule has 8 heteroatoms. The van der Waals surface area contributed by atoms with E-state index in [4.69, 9.17) is 5.73 Å². The van der Waals surface area contributed by atoms with Gasteiger partial charge in [0, 0.05) is 22.0 Å². The van der Waals surface area contributed by atoms with Gasteiger partial charge in [0.15, 0.2) is 0 Å². The summed E-state index contributed by atoms with van der Waals surface area (Å²) in [5, 5.41) is 0. The van der Waals surface area contributed by atoms with Gasteiger partial charge in [0.05, 0.1) is 0 Å². The maximum Gasteiger partial charge on any atom is 0.242 e. The van der Waals surface area contributed by atoms with Gasteiger partial charge in [0.1, 0.15) is 10.7 Å². The van der Waals surface area contributed by atoms with E-state index in [1.807, 2.05) is 0 Å². The van der Waals surface area contributed by atoms with Crippen LogP contribution in [0.1, 0.15) is 0 Å². The number of hydrogen-bond donors (Lipinski definition) is 2. The van der Waals surface area contributed by atoms with Crippen LogP contribution in [0, 0.1) is 5.82 Å². The van der Waals surface area contributed by atoms with E-state index >= 15 is 0 Å². The zero-order valence-corrected chi connectivity index (χ0v) is 12.0. The Bertz CT molecular complexity index is 470. The number of halogens is 3. The van der Waals surface area contributed by atoms with Crippen LogP contribution in [0.2, 0.25) is 0 Å². The third-order valence-electron chi connectivity index (χ3n) is 1.67. The van der Waals surface area contributed by atoms with Crippen molar-refractivity contribution in [3.63, 3.8) is 0 Å². The minimum absolute atomic E-state index is 0.0395. The first-order chi connectivity index (χ1) is 7.38. The molecule has 0 aliphatic carbocycles. The molecule has 0 saturated heterocycles. The second-order valence-corrected chi connectivity index (χ2v) is 6.30. The molecule has 0 radical (unpaired) electrons. The number of nitrogens with two attached hydrogens (primary N) is 1. The van der Waals surface area contributed by atoms with Crippen molar-refractivity contribution in [2.75, 3.05) is 13.1 Å². The van der Waals surface area contributed by atoms with Crippen molar-refractivity contribution in [1.29, 1.82) is 0 Å². The number of rotatable bonds is 4. The second kappa shape index (κ2) is 5.54. The smallest absolute Gasteiger partial charge is 0.242 e. The summed E-state index contributed by atoms with van der Waals surface area (Å²) in [4.78, 5) is -0.0395. The molecule has 3 N–H and O–H groups in total. The lowest BCUT2D eigenvalue weighted by molar-refractivity contribution is 0.579. The molecule has 0 spiro atoms. The Balaban J connectivity index is 3.23. The van der Waals surface area contributed by atoms with Gasteiger partial charge >= 0.3 is 0 Å². The molecule has 0 aromatic heterocycles. The van der Waals surface area contributed by atoms with Crippen LogP contribution in [0.4, 0.5) is 4.39 Å². The highest BCUT2D eigenvalue weighted by Gasteiger charge is 2.21. The van der Waals surface area contributed by atoms with E-state index in [0.29, 0.717) is 0 Å². The van der Waals surface area contributed by atoms with Gasteiger partial charge in [-0.3, -0.25) is 0 Å². The first-order valence-corrected chi connectivity index (χ1v) is 7.29. The van der Waals surface area contributed by atoms with Crippen LogP contribution in [-0.4, -0.2) is 21.5 Å². The van der Waals surface area contributed by atoms with Crippen molar-refractivity contribution in [3.8, 4) is 0 Å². The summed E-state index contributed by atoms with van der Waals surface area (Å²) in [6.45, 7) is 0.314. The van der Waals surface area contributed by atoms with Crippen LogP contribution < -0.4 is 10.5 Å². The first kappa shape index (κ1) is 14.0. The standard InChI is InChI=1S/C8H9Br2FN2O2S/c9-6-3-5(11)4-7(10)8(6)16(14,15)13-2-1-12/h3-4,13H,1-2,12H2. The van der Waals surface area contributed by atoms with Gasteiger partial charge < -0.3 is 5.73 Å². The summed E-state index contributed by atoms with van der Waals surface area (Å²) >= 11 is 6.01. The highest BCUT2D eigenvalue weighted by Crippen LogP contribution is 2.30. The van der Waals surface area contributed by atoms with Crippen LogP contribution in [0.25, 0.3) is 0 Å². The van der Waals surface area contributed by atoms with Gasteiger partial charge in [-0.1, -0.05) is 0 Å². The molecule has 0 saturated carbocycles. The van der Waals surface area contributed by atoms with E-state index in [1.165, 1.54) is 0 Å². The maximum absolute atomic E-state index is 13.0. The Kier molecular flexibility index (Phi) is 4.87. The Morgan fingerprint density at radius 3 is 2.25 bits per heavy atom. The Labute approximate surface area is 110 Å². The van der Waals surface area contributed by atoms with Crippen LogP contribution in [0.3, 0.4) is 0 Å². The predicted molar refractivity (Wildman–Crippen MR) is 66.0 cm³/mol. The van der Waals surface area contributed by atoms with Gasteiger partial charge in [0.25, 0.3) is 0 Å². The molecule has 90 valence electrons. The minimum Gasteiger partial charge on any atom is -0.329 e. The Hall–Kier alpha value is -0.0200. The number of sulfonamides is 1. The summed E-state index contributed by atoms with van der Waals surface area (Å²) in [5.41, 5.74) is 5.20. The predicted octanol–water partition coefficient (Wildman–Crippen LogP) is 1.59. The molecule has 0 atom stereocenters. The lowest BCUT2D eigenvalue weighted by Gasteiger charge is -2.09. The molecule has 1 aromatic rings. The van der Waals surface area contributed by atoms with E-state index in [-0.39, 0.29) is 26.9 Å². The molecule has 0 aliphatic rings. The summed E-state index contributed by atoms with van der Waals surface area (Å²) in [5.74, 6) is -0.531. The summed E-state index contributed by atoms with van der Waals surface area (Å²) in [7, 11) is -3.69. The Morgan fingerprint density at radius 1 is 1.31 bits per heavy atom. The second-order valence-electron chi connectivity index (χ2n) is 2.89. The molecule has 1 aromatic carbocycles. The van der Waals surface area contributed by atoms with Gasteiger partial charge in [-0.2, -0.15) is 0 Å².